The fourth-order valence-corrected chi connectivity index (χ4v) is 2.55. The second-order valence-corrected chi connectivity index (χ2v) is 5.65. The fourth-order valence-electron chi connectivity index (χ4n) is 1.40. The molecule has 1 atom stereocenters. The molecule has 0 aromatic heterocycles. The highest BCUT2D eigenvalue weighted by atomic mass is 79.9. The van der Waals surface area contributed by atoms with Gasteiger partial charge >= 0.3 is 5.51 Å². The third kappa shape index (κ3) is 5.58. The second-order valence-electron chi connectivity index (χ2n) is 3.64. The van der Waals surface area contributed by atoms with Crippen LogP contribution in [0.1, 0.15) is 18.5 Å². The normalized spacial score (nSPS) is 13.7. The van der Waals surface area contributed by atoms with Gasteiger partial charge in [0.2, 0.25) is 0 Å². The molecule has 0 aliphatic rings. The molecule has 1 unspecified atom stereocenters. The van der Waals surface area contributed by atoms with Gasteiger partial charge in [-0.3, -0.25) is 0 Å². The van der Waals surface area contributed by atoms with E-state index in [1.807, 2.05) is 6.92 Å². The van der Waals surface area contributed by atoms with Gasteiger partial charge in [-0.15, -0.1) is 0 Å². The lowest BCUT2D eigenvalue weighted by molar-refractivity contribution is -0.0327. The molecule has 0 radical (unpaired) electrons. The van der Waals surface area contributed by atoms with Crippen molar-refractivity contribution in [3.05, 3.63) is 34.1 Å². The van der Waals surface area contributed by atoms with Gasteiger partial charge in [-0.25, -0.2) is 4.39 Å². The molecule has 1 aromatic carbocycles. The second kappa shape index (κ2) is 6.77. The Morgan fingerprint density at radius 2 is 2.06 bits per heavy atom. The standard InChI is InChI=1S/C11H12BrF4NS/c1-7(17-4-5-18-11(14,15)16)9-3-2-8(13)6-10(9)12/h2-3,6-7,17H,4-5H2,1H3. The highest BCUT2D eigenvalue weighted by Gasteiger charge is 2.27. The smallest absolute Gasteiger partial charge is 0.309 e. The van der Waals surface area contributed by atoms with Crippen LogP contribution >= 0.6 is 27.7 Å². The summed E-state index contributed by atoms with van der Waals surface area (Å²) in [5, 5.41) is 2.96. The molecule has 0 saturated carbocycles. The molecular weight excluding hydrogens is 334 g/mol. The monoisotopic (exact) mass is 345 g/mol. The van der Waals surface area contributed by atoms with Crippen LogP contribution in [0.25, 0.3) is 0 Å². The van der Waals surface area contributed by atoms with Gasteiger partial charge in [0, 0.05) is 22.8 Å². The molecular formula is C11H12BrF4NS. The largest absolute Gasteiger partial charge is 0.441 e. The van der Waals surface area contributed by atoms with Gasteiger partial charge < -0.3 is 5.32 Å². The minimum atomic E-state index is -4.19. The summed E-state index contributed by atoms with van der Waals surface area (Å²) < 4.78 is 49.2. The highest BCUT2D eigenvalue weighted by Crippen LogP contribution is 2.30. The molecule has 1 rings (SSSR count). The lowest BCUT2D eigenvalue weighted by atomic mass is 10.1. The zero-order chi connectivity index (χ0) is 13.8. The van der Waals surface area contributed by atoms with Crippen LogP contribution in [0.2, 0.25) is 0 Å². The molecule has 7 heteroatoms. The number of hydrogen-bond acceptors (Lipinski definition) is 2. The molecule has 0 bridgehead atoms. The molecule has 0 fully saturated rings. The van der Waals surface area contributed by atoms with E-state index < -0.39 is 5.51 Å². The summed E-state index contributed by atoms with van der Waals surface area (Å²) in [4.78, 5) is 0. The summed E-state index contributed by atoms with van der Waals surface area (Å²) in [6, 6.07) is 4.11. The van der Waals surface area contributed by atoms with Crippen LogP contribution in [-0.2, 0) is 0 Å². The maximum atomic E-state index is 12.9. The molecule has 0 spiro atoms. The Bertz CT molecular complexity index is 397. The summed E-state index contributed by atoms with van der Waals surface area (Å²) >= 11 is 3.17. The molecule has 18 heavy (non-hydrogen) atoms. The third-order valence-corrected chi connectivity index (χ3v) is 3.67. The first-order chi connectivity index (χ1) is 8.29. The van der Waals surface area contributed by atoms with Crippen LogP contribution in [0, 0.1) is 5.82 Å². The van der Waals surface area contributed by atoms with E-state index >= 15 is 0 Å². The van der Waals surface area contributed by atoms with Gasteiger partial charge in [0.1, 0.15) is 5.82 Å². The van der Waals surface area contributed by atoms with Crippen molar-refractivity contribution in [2.24, 2.45) is 0 Å². The summed E-state index contributed by atoms with van der Waals surface area (Å²) in [5.41, 5.74) is -3.38. The van der Waals surface area contributed by atoms with E-state index in [2.05, 4.69) is 21.2 Å². The molecule has 1 N–H and O–H groups in total. The molecule has 0 saturated heterocycles. The lowest BCUT2D eigenvalue weighted by Gasteiger charge is -2.16. The Balaban J connectivity index is 2.43. The van der Waals surface area contributed by atoms with Crippen molar-refractivity contribution in [3.8, 4) is 0 Å². The van der Waals surface area contributed by atoms with E-state index in [9.17, 15) is 17.6 Å². The predicted molar refractivity (Wildman–Crippen MR) is 69.0 cm³/mol. The van der Waals surface area contributed by atoms with Crippen molar-refractivity contribution >= 4 is 27.7 Å². The van der Waals surface area contributed by atoms with Crippen molar-refractivity contribution in [1.29, 1.82) is 0 Å². The number of benzene rings is 1. The number of hydrogen-bond donors (Lipinski definition) is 1. The van der Waals surface area contributed by atoms with E-state index in [1.165, 1.54) is 12.1 Å². The van der Waals surface area contributed by atoms with Crippen LogP contribution in [-0.4, -0.2) is 17.8 Å². The van der Waals surface area contributed by atoms with Crippen LogP contribution in [0.4, 0.5) is 17.6 Å². The molecule has 0 heterocycles. The minimum Gasteiger partial charge on any atom is -0.309 e. The predicted octanol–water partition coefficient (Wildman–Crippen LogP) is 4.49. The molecule has 1 aromatic rings. The molecule has 0 aliphatic heterocycles. The zero-order valence-electron chi connectivity index (χ0n) is 9.52. The number of halogens is 5. The van der Waals surface area contributed by atoms with Gasteiger partial charge in [-0.1, -0.05) is 22.0 Å². The topological polar surface area (TPSA) is 12.0 Å². The van der Waals surface area contributed by atoms with Crippen molar-refractivity contribution in [1.82, 2.24) is 5.32 Å². The van der Waals surface area contributed by atoms with E-state index in [-0.39, 0.29) is 35.9 Å². The van der Waals surface area contributed by atoms with Gasteiger partial charge in [-0.2, -0.15) is 13.2 Å². The Hall–Kier alpha value is -0.270. The van der Waals surface area contributed by atoms with Crippen molar-refractivity contribution < 1.29 is 17.6 Å². The number of nitrogens with one attached hydrogen (secondary N) is 1. The summed E-state index contributed by atoms with van der Waals surface area (Å²) in [6.07, 6.45) is 0. The van der Waals surface area contributed by atoms with Crippen LogP contribution in [0.15, 0.2) is 22.7 Å². The van der Waals surface area contributed by atoms with Gasteiger partial charge in [0.15, 0.2) is 0 Å². The van der Waals surface area contributed by atoms with Gasteiger partial charge in [0.05, 0.1) is 0 Å². The molecule has 0 aliphatic carbocycles. The van der Waals surface area contributed by atoms with Crippen molar-refractivity contribution in [2.75, 3.05) is 12.3 Å². The Kier molecular flexibility index (Phi) is 5.94. The highest BCUT2D eigenvalue weighted by molar-refractivity contribution is 9.10. The first kappa shape index (κ1) is 15.8. The maximum absolute atomic E-state index is 12.9. The average molecular weight is 346 g/mol. The summed E-state index contributed by atoms with van der Waals surface area (Å²) in [5.74, 6) is -0.405. The van der Waals surface area contributed by atoms with Crippen LogP contribution < -0.4 is 5.32 Å². The van der Waals surface area contributed by atoms with Gasteiger partial charge in [0.25, 0.3) is 0 Å². The number of alkyl halides is 3. The zero-order valence-corrected chi connectivity index (χ0v) is 11.9. The first-order valence-corrected chi connectivity index (χ1v) is 6.96. The molecule has 0 amide bonds. The van der Waals surface area contributed by atoms with E-state index in [1.54, 1.807) is 6.07 Å². The van der Waals surface area contributed by atoms with E-state index in [0.29, 0.717) is 4.47 Å². The maximum Gasteiger partial charge on any atom is 0.441 e. The number of rotatable bonds is 5. The SMILES string of the molecule is CC(NCCSC(F)(F)F)c1ccc(F)cc1Br. The fraction of sp³-hybridized carbons (Fsp3) is 0.455. The van der Waals surface area contributed by atoms with Crippen molar-refractivity contribution in [3.63, 3.8) is 0 Å². The average Bonchev–Trinajstić information content (AvgIpc) is 2.22. The third-order valence-electron chi connectivity index (χ3n) is 2.25. The van der Waals surface area contributed by atoms with Crippen LogP contribution in [0.3, 0.4) is 0 Å². The Morgan fingerprint density at radius 1 is 1.39 bits per heavy atom. The summed E-state index contributed by atoms with van der Waals surface area (Å²) in [7, 11) is 0. The van der Waals surface area contributed by atoms with Gasteiger partial charge in [-0.05, 0) is 36.4 Å². The summed E-state index contributed by atoms with van der Waals surface area (Å²) in [6.45, 7) is 2.05. The lowest BCUT2D eigenvalue weighted by Crippen LogP contribution is -2.22. The van der Waals surface area contributed by atoms with E-state index in [0.717, 1.165) is 5.56 Å². The molecule has 102 valence electrons. The Morgan fingerprint density at radius 3 is 2.61 bits per heavy atom. The number of thioether (sulfide) groups is 1. The van der Waals surface area contributed by atoms with Crippen molar-refractivity contribution in [2.45, 2.75) is 18.5 Å². The molecule has 1 nitrogen and oxygen atoms in total. The minimum absolute atomic E-state index is 0.0490. The Labute approximate surface area is 115 Å². The van der Waals surface area contributed by atoms with Crippen LogP contribution in [0.5, 0.6) is 0 Å². The first-order valence-electron chi connectivity index (χ1n) is 5.18. The van der Waals surface area contributed by atoms with E-state index in [4.69, 9.17) is 0 Å². The quantitative estimate of drug-likeness (QED) is 0.623.